The maximum Gasteiger partial charge on any atom is 0.441 e. The van der Waals surface area contributed by atoms with E-state index in [2.05, 4.69) is 14.7 Å². The Hall–Kier alpha value is -1.95. The molecule has 2 aromatic rings. The van der Waals surface area contributed by atoms with E-state index in [0.717, 1.165) is 0 Å². The number of aliphatic hydroxyl groups is 1. The lowest BCUT2D eigenvalue weighted by molar-refractivity contribution is 0.277. The molecule has 0 saturated heterocycles. The third kappa shape index (κ3) is 2.01. The SMILES string of the molecule is O=c1onc(-c2ccccn2)n1CCCO. The Morgan fingerprint density at radius 3 is 3.00 bits per heavy atom. The molecule has 0 saturated carbocycles. The molecule has 6 heteroatoms. The van der Waals surface area contributed by atoms with Crippen LogP contribution in [0.3, 0.4) is 0 Å². The van der Waals surface area contributed by atoms with Gasteiger partial charge in [-0.1, -0.05) is 11.2 Å². The molecule has 0 atom stereocenters. The van der Waals surface area contributed by atoms with E-state index in [1.54, 1.807) is 24.4 Å². The van der Waals surface area contributed by atoms with Gasteiger partial charge in [-0.05, 0) is 18.6 Å². The maximum absolute atomic E-state index is 11.3. The summed E-state index contributed by atoms with van der Waals surface area (Å²) in [4.78, 5) is 15.4. The molecule has 6 nitrogen and oxygen atoms in total. The number of rotatable bonds is 4. The topological polar surface area (TPSA) is 81.2 Å². The van der Waals surface area contributed by atoms with Crippen molar-refractivity contribution in [2.24, 2.45) is 0 Å². The Kier molecular flexibility index (Phi) is 3.11. The highest BCUT2D eigenvalue weighted by Crippen LogP contribution is 2.11. The van der Waals surface area contributed by atoms with Crippen LogP contribution >= 0.6 is 0 Å². The van der Waals surface area contributed by atoms with E-state index in [0.29, 0.717) is 24.5 Å². The van der Waals surface area contributed by atoms with Crippen molar-refractivity contribution >= 4 is 0 Å². The van der Waals surface area contributed by atoms with E-state index in [4.69, 9.17) is 5.11 Å². The molecule has 2 heterocycles. The number of hydrogen-bond donors (Lipinski definition) is 1. The molecule has 0 aromatic carbocycles. The lowest BCUT2D eigenvalue weighted by atomic mass is 10.3. The van der Waals surface area contributed by atoms with Gasteiger partial charge in [-0.2, -0.15) is 0 Å². The molecule has 2 aromatic heterocycles. The van der Waals surface area contributed by atoms with Crippen LogP contribution in [0, 0.1) is 0 Å². The Balaban J connectivity index is 2.38. The maximum atomic E-state index is 11.3. The van der Waals surface area contributed by atoms with E-state index >= 15 is 0 Å². The normalized spacial score (nSPS) is 10.6. The molecule has 0 amide bonds. The van der Waals surface area contributed by atoms with Crippen molar-refractivity contribution in [3.63, 3.8) is 0 Å². The molecule has 84 valence electrons. The van der Waals surface area contributed by atoms with Gasteiger partial charge < -0.3 is 5.11 Å². The second-order valence-electron chi connectivity index (χ2n) is 3.22. The van der Waals surface area contributed by atoms with Crippen LogP contribution in [0.2, 0.25) is 0 Å². The standard InChI is InChI=1S/C10H11N3O3/c14-7-3-6-13-9(12-16-10(13)15)8-4-1-2-5-11-8/h1-2,4-5,14H,3,6-7H2. The zero-order valence-electron chi connectivity index (χ0n) is 8.54. The molecule has 0 aliphatic carbocycles. The van der Waals surface area contributed by atoms with Crippen LogP contribution < -0.4 is 5.76 Å². The van der Waals surface area contributed by atoms with Gasteiger partial charge in [0.05, 0.1) is 0 Å². The zero-order valence-corrected chi connectivity index (χ0v) is 8.54. The summed E-state index contributed by atoms with van der Waals surface area (Å²) in [7, 11) is 0. The number of pyridine rings is 1. The number of nitrogens with zero attached hydrogens (tertiary/aromatic N) is 3. The van der Waals surface area contributed by atoms with Gasteiger partial charge in [0.1, 0.15) is 5.69 Å². The van der Waals surface area contributed by atoms with Gasteiger partial charge in [-0.25, -0.2) is 4.79 Å². The molecule has 16 heavy (non-hydrogen) atoms. The third-order valence-corrected chi connectivity index (χ3v) is 2.12. The van der Waals surface area contributed by atoms with E-state index < -0.39 is 5.76 Å². The summed E-state index contributed by atoms with van der Waals surface area (Å²) in [5.41, 5.74) is 0.575. The molecule has 0 bridgehead atoms. The minimum atomic E-state index is -0.533. The average molecular weight is 221 g/mol. The summed E-state index contributed by atoms with van der Waals surface area (Å²) >= 11 is 0. The molecular formula is C10H11N3O3. The van der Waals surface area contributed by atoms with Gasteiger partial charge in [-0.3, -0.25) is 14.1 Å². The highest BCUT2D eigenvalue weighted by molar-refractivity contribution is 5.47. The van der Waals surface area contributed by atoms with Crippen molar-refractivity contribution in [1.29, 1.82) is 0 Å². The average Bonchev–Trinajstić information content (AvgIpc) is 2.69. The van der Waals surface area contributed by atoms with E-state index in [-0.39, 0.29) is 6.61 Å². The summed E-state index contributed by atoms with van der Waals surface area (Å²) < 4.78 is 5.94. The first-order valence-electron chi connectivity index (χ1n) is 4.91. The lowest BCUT2D eigenvalue weighted by Gasteiger charge is -2.01. The van der Waals surface area contributed by atoms with Crippen molar-refractivity contribution in [3.8, 4) is 11.5 Å². The summed E-state index contributed by atoms with van der Waals surface area (Å²) in [6.07, 6.45) is 2.09. The number of aliphatic hydroxyl groups excluding tert-OH is 1. The third-order valence-electron chi connectivity index (χ3n) is 2.12. The van der Waals surface area contributed by atoms with Crippen LogP contribution in [0.25, 0.3) is 11.5 Å². The fourth-order valence-corrected chi connectivity index (χ4v) is 1.37. The first kappa shape index (κ1) is 10.6. The van der Waals surface area contributed by atoms with Gasteiger partial charge in [0, 0.05) is 19.3 Å². The number of hydrogen-bond acceptors (Lipinski definition) is 5. The zero-order chi connectivity index (χ0) is 11.4. The quantitative estimate of drug-likeness (QED) is 0.802. The minimum absolute atomic E-state index is 0.0132. The van der Waals surface area contributed by atoms with E-state index in [9.17, 15) is 4.79 Å². The molecular weight excluding hydrogens is 210 g/mol. The second kappa shape index (κ2) is 4.71. The van der Waals surface area contributed by atoms with Gasteiger partial charge in [0.15, 0.2) is 0 Å². The Bertz CT molecular complexity index is 504. The Morgan fingerprint density at radius 2 is 2.31 bits per heavy atom. The van der Waals surface area contributed by atoms with Crippen molar-refractivity contribution in [3.05, 3.63) is 34.9 Å². The highest BCUT2D eigenvalue weighted by Gasteiger charge is 2.12. The molecule has 1 N–H and O–H groups in total. The fraction of sp³-hybridized carbons (Fsp3) is 0.300. The van der Waals surface area contributed by atoms with Crippen molar-refractivity contribution in [1.82, 2.24) is 14.7 Å². The summed E-state index contributed by atoms with van der Waals surface area (Å²) in [5.74, 6) is -0.145. The van der Waals surface area contributed by atoms with Crippen molar-refractivity contribution in [2.75, 3.05) is 6.61 Å². The molecule has 0 fully saturated rings. The first-order chi connectivity index (χ1) is 7.83. The minimum Gasteiger partial charge on any atom is -0.396 e. The number of aromatic nitrogens is 3. The van der Waals surface area contributed by atoms with Crippen LogP contribution in [0.15, 0.2) is 33.7 Å². The largest absolute Gasteiger partial charge is 0.441 e. The molecule has 0 aliphatic rings. The Labute approximate surface area is 91.2 Å². The highest BCUT2D eigenvalue weighted by atomic mass is 16.5. The van der Waals surface area contributed by atoms with Crippen LogP contribution in [0.4, 0.5) is 0 Å². The van der Waals surface area contributed by atoms with E-state index in [1.807, 2.05) is 0 Å². The van der Waals surface area contributed by atoms with Crippen LogP contribution in [-0.2, 0) is 6.54 Å². The van der Waals surface area contributed by atoms with Gasteiger partial charge in [-0.15, -0.1) is 0 Å². The lowest BCUT2D eigenvalue weighted by Crippen LogP contribution is -2.16. The molecule has 0 unspecified atom stereocenters. The first-order valence-corrected chi connectivity index (χ1v) is 4.91. The predicted molar refractivity (Wildman–Crippen MR) is 55.7 cm³/mol. The smallest absolute Gasteiger partial charge is 0.396 e. The van der Waals surface area contributed by atoms with Crippen LogP contribution in [-0.4, -0.2) is 26.4 Å². The van der Waals surface area contributed by atoms with Crippen LogP contribution in [0.5, 0.6) is 0 Å². The van der Waals surface area contributed by atoms with Crippen molar-refractivity contribution in [2.45, 2.75) is 13.0 Å². The van der Waals surface area contributed by atoms with Crippen LogP contribution in [0.1, 0.15) is 6.42 Å². The molecule has 0 spiro atoms. The van der Waals surface area contributed by atoms with Gasteiger partial charge in [0.2, 0.25) is 5.82 Å². The predicted octanol–water partition coefficient (Wildman–Crippen LogP) is 0.281. The fourth-order valence-electron chi connectivity index (χ4n) is 1.37. The second-order valence-corrected chi connectivity index (χ2v) is 3.22. The molecule has 0 radical (unpaired) electrons. The summed E-state index contributed by atoms with van der Waals surface area (Å²) in [5, 5.41) is 12.4. The van der Waals surface area contributed by atoms with Gasteiger partial charge in [0.25, 0.3) is 0 Å². The van der Waals surface area contributed by atoms with Gasteiger partial charge >= 0.3 is 5.76 Å². The molecule has 2 rings (SSSR count). The summed E-state index contributed by atoms with van der Waals surface area (Å²) in [6, 6.07) is 5.32. The monoisotopic (exact) mass is 221 g/mol. The Morgan fingerprint density at radius 1 is 1.44 bits per heavy atom. The summed E-state index contributed by atoms with van der Waals surface area (Å²) in [6.45, 7) is 0.379. The van der Waals surface area contributed by atoms with Crippen molar-refractivity contribution < 1.29 is 9.63 Å². The van der Waals surface area contributed by atoms with E-state index in [1.165, 1.54) is 4.57 Å². The molecule has 0 aliphatic heterocycles.